The summed E-state index contributed by atoms with van der Waals surface area (Å²) < 4.78 is 39.6. The topological polar surface area (TPSA) is 33.1 Å². The second-order valence-corrected chi connectivity index (χ2v) is 4.92. The maximum atomic E-state index is 13.4. The van der Waals surface area contributed by atoms with Crippen molar-refractivity contribution in [2.45, 2.75) is 19.4 Å². The Hall–Kier alpha value is -1.40. The number of aliphatic hydroxyl groups is 1. The summed E-state index contributed by atoms with van der Waals surface area (Å²) in [4.78, 5) is 4.09. The Kier molecular flexibility index (Phi) is 3.68. The first-order chi connectivity index (χ1) is 8.47. The van der Waals surface area contributed by atoms with Crippen LogP contribution in [0.15, 0.2) is 17.5 Å². The fourth-order valence-corrected chi connectivity index (χ4v) is 2.30. The molecule has 1 aromatic carbocycles. The van der Waals surface area contributed by atoms with Crippen molar-refractivity contribution in [1.82, 2.24) is 4.98 Å². The minimum atomic E-state index is -1.38. The van der Waals surface area contributed by atoms with Crippen molar-refractivity contribution in [1.29, 1.82) is 0 Å². The number of nitrogens with zero attached hydrogens (tertiary/aromatic N) is 1. The third kappa shape index (κ3) is 2.70. The third-order valence-electron chi connectivity index (χ3n) is 2.45. The van der Waals surface area contributed by atoms with E-state index in [1.807, 2.05) is 0 Å². The molecule has 18 heavy (non-hydrogen) atoms. The summed E-state index contributed by atoms with van der Waals surface area (Å²) in [6, 6.07) is 1.10. The average molecular weight is 273 g/mol. The molecule has 1 heterocycles. The van der Waals surface area contributed by atoms with Gasteiger partial charge in [0.05, 0.1) is 22.4 Å². The fraction of sp³-hybridized carbons (Fsp3) is 0.250. The van der Waals surface area contributed by atoms with Crippen molar-refractivity contribution in [3.63, 3.8) is 0 Å². The average Bonchev–Trinajstić information content (AvgIpc) is 2.62. The van der Waals surface area contributed by atoms with Crippen LogP contribution in [0.3, 0.4) is 0 Å². The highest BCUT2D eigenvalue weighted by Gasteiger charge is 2.20. The summed E-state index contributed by atoms with van der Waals surface area (Å²) >= 11 is 1.38. The number of aromatic nitrogens is 1. The van der Waals surface area contributed by atoms with Gasteiger partial charge in [0, 0.05) is 23.9 Å². The SMILES string of the molecule is Cc1nc(CC(O)c2c(F)cc(F)cc2F)cs1. The maximum absolute atomic E-state index is 13.4. The Balaban J connectivity index is 2.26. The van der Waals surface area contributed by atoms with Crippen LogP contribution in [-0.4, -0.2) is 10.1 Å². The number of aliphatic hydroxyl groups excluding tert-OH is 1. The fourth-order valence-electron chi connectivity index (χ4n) is 1.67. The highest BCUT2D eigenvalue weighted by molar-refractivity contribution is 7.09. The first-order valence-corrected chi connectivity index (χ1v) is 6.09. The lowest BCUT2D eigenvalue weighted by atomic mass is 10.0. The second-order valence-electron chi connectivity index (χ2n) is 3.86. The zero-order chi connectivity index (χ0) is 13.3. The predicted molar refractivity (Wildman–Crippen MR) is 61.8 cm³/mol. The predicted octanol–water partition coefficient (Wildman–Crippen LogP) is 3.14. The first-order valence-electron chi connectivity index (χ1n) is 5.21. The summed E-state index contributed by atoms with van der Waals surface area (Å²) in [6.45, 7) is 1.79. The van der Waals surface area contributed by atoms with E-state index in [4.69, 9.17) is 0 Å². The molecule has 1 unspecified atom stereocenters. The first kappa shape index (κ1) is 13.0. The number of benzene rings is 1. The lowest BCUT2D eigenvalue weighted by Gasteiger charge is -2.11. The molecule has 6 heteroatoms. The number of aryl methyl sites for hydroxylation is 1. The number of halogens is 3. The van der Waals surface area contributed by atoms with Crippen LogP contribution in [0.4, 0.5) is 13.2 Å². The minimum Gasteiger partial charge on any atom is -0.388 e. The van der Waals surface area contributed by atoms with E-state index in [-0.39, 0.29) is 6.42 Å². The molecular weight excluding hydrogens is 263 g/mol. The number of hydrogen-bond donors (Lipinski definition) is 1. The van der Waals surface area contributed by atoms with Gasteiger partial charge >= 0.3 is 0 Å². The molecule has 2 nitrogen and oxygen atoms in total. The van der Waals surface area contributed by atoms with Crippen LogP contribution in [0.2, 0.25) is 0 Å². The molecule has 1 aromatic heterocycles. The van der Waals surface area contributed by atoms with E-state index in [0.29, 0.717) is 17.8 Å². The van der Waals surface area contributed by atoms with Gasteiger partial charge in [-0.15, -0.1) is 11.3 Å². The van der Waals surface area contributed by atoms with Crippen molar-refractivity contribution in [3.8, 4) is 0 Å². The lowest BCUT2D eigenvalue weighted by molar-refractivity contribution is 0.167. The van der Waals surface area contributed by atoms with Gasteiger partial charge in [-0.3, -0.25) is 0 Å². The van der Waals surface area contributed by atoms with E-state index in [1.165, 1.54) is 11.3 Å². The summed E-state index contributed by atoms with van der Waals surface area (Å²) in [5.74, 6) is -3.19. The Morgan fingerprint density at radius 3 is 2.39 bits per heavy atom. The van der Waals surface area contributed by atoms with E-state index < -0.39 is 29.1 Å². The summed E-state index contributed by atoms with van der Waals surface area (Å²) in [5.41, 5.74) is 0.0233. The molecule has 0 saturated heterocycles. The van der Waals surface area contributed by atoms with Crippen LogP contribution in [0.25, 0.3) is 0 Å². The van der Waals surface area contributed by atoms with Gasteiger partial charge in [-0.2, -0.15) is 0 Å². The minimum absolute atomic E-state index is 0.0101. The molecule has 2 aromatic rings. The van der Waals surface area contributed by atoms with Gasteiger partial charge in [0.2, 0.25) is 0 Å². The van der Waals surface area contributed by atoms with Crippen LogP contribution in [0, 0.1) is 24.4 Å². The largest absolute Gasteiger partial charge is 0.388 e. The van der Waals surface area contributed by atoms with E-state index >= 15 is 0 Å². The summed E-state index contributed by atoms with van der Waals surface area (Å²) in [5, 5.41) is 12.3. The number of thiazole rings is 1. The Bertz CT molecular complexity index is 547. The van der Waals surface area contributed by atoms with E-state index in [0.717, 1.165) is 5.01 Å². The molecule has 2 rings (SSSR count). The molecule has 1 atom stereocenters. The molecule has 0 aliphatic rings. The van der Waals surface area contributed by atoms with Crippen LogP contribution in [0.1, 0.15) is 22.4 Å². The molecule has 0 spiro atoms. The zero-order valence-corrected chi connectivity index (χ0v) is 10.3. The molecule has 96 valence electrons. The van der Waals surface area contributed by atoms with Gasteiger partial charge < -0.3 is 5.11 Å². The maximum Gasteiger partial charge on any atom is 0.134 e. The number of rotatable bonds is 3. The van der Waals surface area contributed by atoms with Crippen LogP contribution >= 0.6 is 11.3 Å². The smallest absolute Gasteiger partial charge is 0.134 e. The molecule has 1 N–H and O–H groups in total. The summed E-state index contributed by atoms with van der Waals surface area (Å²) in [6.07, 6.45) is -1.39. The highest BCUT2D eigenvalue weighted by atomic mass is 32.1. The molecular formula is C12H10F3NOS. The lowest BCUT2D eigenvalue weighted by Crippen LogP contribution is -2.08. The van der Waals surface area contributed by atoms with Gasteiger partial charge in [0.15, 0.2) is 0 Å². The van der Waals surface area contributed by atoms with Gasteiger partial charge in [-0.05, 0) is 6.92 Å². The van der Waals surface area contributed by atoms with Crippen molar-refractivity contribution in [2.75, 3.05) is 0 Å². The second kappa shape index (κ2) is 5.07. The third-order valence-corrected chi connectivity index (χ3v) is 3.27. The van der Waals surface area contributed by atoms with Gasteiger partial charge in [-0.1, -0.05) is 0 Å². The van der Waals surface area contributed by atoms with E-state index in [2.05, 4.69) is 4.98 Å². The standard InChI is InChI=1S/C12H10F3NOS/c1-6-16-8(5-18-6)4-11(17)12-9(14)2-7(13)3-10(12)15/h2-3,5,11,17H,4H2,1H3. The van der Waals surface area contributed by atoms with Crippen molar-refractivity contribution >= 4 is 11.3 Å². The normalized spacial score (nSPS) is 12.7. The zero-order valence-electron chi connectivity index (χ0n) is 9.45. The molecule has 0 amide bonds. The van der Waals surface area contributed by atoms with E-state index in [1.54, 1.807) is 12.3 Å². The molecule has 0 saturated carbocycles. The molecule has 0 aliphatic carbocycles. The Labute approximate surface area is 106 Å². The summed E-state index contributed by atoms with van der Waals surface area (Å²) in [7, 11) is 0. The van der Waals surface area contributed by atoms with Crippen molar-refractivity contribution in [2.24, 2.45) is 0 Å². The quantitative estimate of drug-likeness (QED) is 0.932. The Morgan fingerprint density at radius 1 is 1.28 bits per heavy atom. The van der Waals surface area contributed by atoms with Crippen molar-refractivity contribution < 1.29 is 18.3 Å². The Morgan fingerprint density at radius 2 is 1.89 bits per heavy atom. The van der Waals surface area contributed by atoms with Gasteiger partial charge in [-0.25, -0.2) is 18.2 Å². The molecule has 0 radical (unpaired) electrons. The van der Waals surface area contributed by atoms with Crippen LogP contribution < -0.4 is 0 Å². The van der Waals surface area contributed by atoms with Crippen LogP contribution in [-0.2, 0) is 6.42 Å². The van der Waals surface area contributed by atoms with Gasteiger partial charge in [0.25, 0.3) is 0 Å². The van der Waals surface area contributed by atoms with Gasteiger partial charge in [0.1, 0.15) is 17.5 Å². The molecule has 0 fully saturated rings. The number of hydrogen-bond acceptors (Lipinski definition) is 3. The highest BCUT2D eigenvalue weighted by Crippen LogP contribution is 2.25. The van der Waals surface area contributed by atoms with Crippen LogP contribution in [0.5, 0.6) is 0 Å². The molecule has 0 bridgehead atoms. The monoisotopic (exact) mass is 273 g/mol. The molecule has 0 aliphatic heterocycles. The van der Waals surface area contributed by atoms with E-state index in [9.17, 15) is 18.3 Å². The van der Waals surface area contributed by atoms with Crippen molar-refractivity contribution in [3.05, 3.63) is 51.2 Å².